The monoisotopic (exact) mass is 421 g/mol. The smallest absolute Gasteiger partial charge is 0.383 e. The number of anilines is 1. The predicted octanol–water partition coefficient (Wildman–Crippen LogP) is 4.17. The van der Waals surface area contributed by atoms with Crippen molar-refractivity contribution < 1.29 is 17.6 Å². The third kappa shape index (κ3) is 3.86. The SMILES string of the molecule is Nc1nc(-c2cc3ncn(CCC4CCCC4)c(=O)c3cc2F)ncc1C(F)(F)F. The van der Waals surface area contributed by atoms with Gasteiger partial charge in [-0.1, -0.05) is 25.7 Å². The van der Waals surface area contributed by atoms with Crippen molar-refractivity contribution in [3.05, 3.63) is 46.4 Å². The van der Waals surface area contributed by atoms with Crippen LogP contribution in [0.3, 0.4) is 0 Å². The first-order valence-corrected chi connectivity index (χ1v) is 9.63. The van der Waals surface area contributed by atoms with Crippen molar-refractivity contribution in [2.24, 2.45) is 5.92 Å². The molecular weight excluding hydrogens is 402 g/mol. The van der Waals surface area contributed by atoms with Crippen LogP contribution in [-0.4, -0.2) is 19.5 Å². The van der Waals surface area contributed by atoms with Crippen LogP contribution in [0, 0.1) is 11.7 Å². The molecule has 0 spiro atoms. The molecular formula is C20H19F4N5O. The van der Waals surface area contributed by atoms with E-state index in [1.54, 1.807) is 0 Å². The minimum atomic E-state index is -4.71. The fourth-order valence-corrected chi connectivity index (χ4v) is 3.87. The fraction of sp³-hybridized carbons (Fsp3) is 0.400. The number of hydrogen-bond donors (Lipinski definition) is 1. The van der Waals surface area contributed by atoms with Gasteiger partial charge in [-0.05, 0) is 24.5 Å². The molecule has 2 heterocycles. The van der Waals surface area contributed by atoms with Crippen LogP contribution in [0.1, 0.15) is 37.7 Å². The zero-order chi connectivity index (χ0) is 21.5. The predicted molar refractivity (Wildman–Crippen MR) is 103 cm³/mol. The molecule has 158 valence electrons. The van der Waals surface area contributed by atoms with Crippen molar-refractivity contribution in [3.63, 3.8) is 0 Å². The lowest BCUT2D eigenvalue weighted by atomic mass is 10.0. The first-order valence-electron chi connectivity index (χ1n) is 9.63. The second-order valence-electron chi connectivity index (χ2n) is 7.52. The van der Waals surface area contributed by atoms with E-state index in [1.165, 1.54) is 29.8 Å². The van der Waals surface area contributed by atoms with Crippen molar-refractivity contribution in [2.45, 2.75) is 44.8 Å². The minimum absolute atomic E-state index is 0.0880. The van der Waals surface area contributed by atoms with Crippen molar-refractivity contribution in [1.82, 2.24) is 19.5 Å². The Kier molecular flexibility index (Phi) is 5.17. The molecule has 0 aliphatic heterocycles. The lowest BCUT2D eigenvalue weighted by molar-refractivity contribution is -0.137. The Balaban J connectivity index is 1.68. The van der Waals surface area contributed by atoms with Gasteiger partial charge in [-0.3, -0.25) is 9.36 Å². The van der Waals surface area contributed by atoms with E-state index in [-0.39, 0.29) is 27.9 Å². The summed E-state index contributed by atoms with van der Waals surface area (Å²) in [6, 6.07) is 2.26. The van der Waals surface area contributed by atoms with Gasteiger partial charge in [-0.15, -0.1) is 0 Å². The average molecular weight is 421 g/mol. The number of aromatic nitrogens is 4. The molecule has 3 aromatic rings. The zero-order valence-corrected chi connectivity index (χ0v) is 15.9. The van der Waals surface area contributed by atoms with Gasteiger partial charge in [0.2, 0.25) is 0 Å². The topological polar surface area (TPSA) is 86.7 Å². The highest BCUT2D eigenvalue weighted by Gasteiger charge is 2.34. The average Bonchev–Trinajstić information content (AvgIpc) is 3.20. The molecule has 1 fully saturated rings. The van der Waals surface area contributed by atoms with Crippen molar-refractivity contribution in [3.8, 4) is 11.4 Å². The third-order valence-corrected chi connectivity index (χ3v) is 5.53. The summed E-state index contributed by atoms with van der Waals surface area (Å²) in [5.74, 6) is -1.36. The maximum Gasteiger partial charge on any atom is 0.421 e. The summed E-state index contributed by atoms with van der Waals surface area (Å²) in [5, 5.41) is 0.0880. The van der Waals surface area contributed by atoms with Gasteiger partial charge in [0.1, 0.15) is 17.2 Å². The van der Waals surface area contributed by atoms with Gasteiger partial charge < -0.3 is 5.73 Å². The lowest BCUT2D eigenvalue weighted by Gasteiger charge is -2.12. The molecule has 0 radical (unpaired) electrons. The summed E-state index contributed by atoms with van der Waals surface area (Å²) in [4.78, 5) is 24.1. The second-order valence-corrected chi connectivity index (χ2v) is 7.52. The number of aryl methyl sites for hydroxylation is 1. The maximum absolute atomic E-state index is 14.7. The molecule has 6 nitrogen and oxygen atoms in total. The summed E-state index contributed by atoms with van der Waals surface area (Å²) in [6.45, 7) is 0.508. The van der Waals surface area contributed by atoms with Crippen LogP contribution in [0.15, 0.2) is 29.5 Å². The summed E-state index contributed by atoms with van der Waals surface area (Å²) in [6.07, 6.45) is 2.80. The molecule has 10 heteroatoms. The van der Waals surface area contributed by atoms with Gasteiger partial charge in [-0.25, -0.2) is 19.3 Å². The van der Waals surface area contributed by atoms with Crippen LogP contribution < -0.4 is 11.3 Å². The fourth-order valence-electron chi connectivity index (χ4n) is 3.87. The first kappa shape index (κ1) is 20.2. The molecule has 2 aromatic heterocycles. The van der Waals surface area contributed by atoms with Crippen LogP contribution in [0.4, 0.5) is 23.4 Å². The number of rotatable bonds is 4. The standard InChI is InChI=1S/C20H19F4N5O/c21-15-7-13-16(27-10-29(19(13)30)6-5-11-3-1-2-4-11)8-12(15)18-26-9-14(17(25)28-18)20(22,23)24/h7-11H,1-6H2,(H2,25,26,28). The van der Waals surface area contributed by atoms with Crippen LogP contribution in [0.25, 0.3) is 22.3 Å². The molecule has 1 saturated carbocycles. The van der Waals surface area contributed by atoms with Gasteiger partial charge in [0.05, 0.1) is 22.8 Å². The Morgan fingerprint density at radius 2 is 1.90 bits per heavy atom. The Morgan fingerprint density at radius 3 is 2.57 bits per heavy atom. The first-order chi connectivity index (χ1) is 14.2. The Morgan fingerprint density at radius 1 is 1.17 bits per heavy atom. The number of hydrogen-bond acceptors (Lipinski definition) is 5. The Bertz CT molecular complexity index is 1150. The summed E-state index contributed by atoms with van der Waals surface area (Å²) < 4.78 is 54.7. The van der Waals surface area contributed by atoms with Crippen LogP contribution in [0.5, 0.6) is 0 Å². The highest BCUT2D eigenvalue weighted by atomic mass is 19.4. The van der Waals surface area contributed by atoms with Gasteiger partial charge in [0.25, 0.3) is 5.56 Å². The van der Waals surface area contributed by atoms with Crippen molar-refractivity contribution in [2.75, 3.05) is 5.73 Å². The number of alkyl halides is 3. The van der Waals surface area contributed by atoms with Gasteiger partial charge in [0, 0.05) is 12.7 Å². The van der Waals surface area contributed by atoms with E-state index in [0.29, 0.717) is 18.7 Å². The van der Waals surface area contributed by atoms with Gasteiger partial charge in [-0.2, -0.15) is 13.2 Å². The lowest BCUT2D eigenvalue weighted by Crippen LogP contribution is -2.22. The maximum atomic E-state index is 14.7. The number of halogens is 4. The molecule has 1 aliphatic rings. The summed E-state index contributed by atoms with van der Waals surface area (Å²) >= 11 is 0. The second kappa shape index (κ2) is 7.66. The van der Waals surface area contributed by atoms with E-state index in [4.69, 9.17) is 5.73 Å². The van der Waals surface area contributed by atoms with Crippen LogP contribution in [0.2, 0.25) is 0 Å². The van der Waals surface area contributed by atoms with E-state index in [1.807, 2.05) is 0 Å². The van der Waals surface area contributed by atoms with Crippen molar-refractivity contribution in [1.29, 1.82) is 0 Å². The Labute approximate surface area is 168 Å². The largest absolute Gasteiger partial charge is 0.421 e. The molecule has 2 N–H and O–H groups in total. The quantitative estimate of drug-likeness (QED) is 0.639. The summed E-state index contributed by atoms with van der Waals surface area (Å²) in [5.41, 5.74) is 3.83. The molecule has 0 atom stereocenters. The highest BCUT2D eigenvalue weighted by Crippen LogP contribution is 2.33. The van der Waals surface area contributed by atoms with E-state index < -0.39 is 23.4 Å². The molecule has 30 heavy (non-hydrogen) atoms. The van der Waals surface area contributed by atoms with Gasteiger partial charge >= 0.3 is 6.18 Å². The normalized spacial score (nSPS) is 15.2. The molecule has 0 saturated heterocycles. The number of nitrogen functional groups attached to an aromatic ring is 1. The number of fused-ring (bicyclic) bond motifs is 1. The van der Waals surface area contributed by atoms with E-state index >= 15 is 0 Å². The minimum Gasteiger partial charge on any atom is -0.383 e. The Hall–Kier alpha value is -3.04. The van der Waals surface area contributed by atoms with Gasteiger partial charge in [0.15, 0.2) is 5.82 Å². The molecule has 0 bridgehead atoms. The molecule has 1 aliphatic carbocycles. The molecule has 1 aromatic carbocycles. The third-order valence-electron chi connectivity index (χ3n) is 5.53. The molecule has 0 unspecified atom stereocenters. The van der Waals surface area contributed by atoms with E-state index in [2.05, 4.69) is 15.0 Å². The van der Waals surface area contributed by atoms with Crippen LogP contribution in [-0.2, 0) is 12.7 Å². The van der Waals surface area contributed by atoms with Crippen LogP contribution >= 0.6 is 0 Å². The number of nitrogens with zero attached hydrogens (tertiary/aromatic N) is 4. The highest BCUT2D eigenvalue weighted by molar-refractivity contribution is 5.82. The number of nitrogens with two attached hydrogens (primary N) is 1. The zero-order valence-electron chi connectivity index (χ0n) is 15.9. The van der Waals surface area contributed by atoms with E-state index in [9.17, 15) is 22.4 Å². The van der Waals surface area contributed by atoms with E-state index in [0.717, 1.165) is 25.3 Å². The van der Waals surface area contributed by atoms with Crippen molar-refractivity contribution >= 4 is 16.7 Å². The molecule has 0 amide bonds. The summed E-state index contributed by atoms with van der Waals surface area (Å²) in [7, 11) is 0. The number of benzene rings is 1. The molecule has 4 rings (SSSR count).